The molecular weight excluding hydrogens is 312 g/mol. The van der Waals surface area contributed by atoms with Gasteiger partial charge in [-0.1, -0.05) is 36.3 Å². The molecule has 3 aromatic rings. The van der Waals surface area contributed by atoms with Crippen molar-refractivity contribution < 1.29 is 4.52 Å². The maximum atomic E-state index is 5.52. The summed E-state index contributed by atoms with van der Waals surface area (Å²) in [6.07, 6.45) is 5.52. The maximum absolute atomic E-state index is 5.52. The van der Waals surface area contributed by atoms with Gasteiger partial charge in [0.05, 0.1) is 12.6 Å². The van der Waals surface area contributed by atoms with E-state index >= 15 is 0 Å². The van der Waals surface area contributed by atoms with E-state index < -0.39 is 0 Å². The minimum Gasteiger partial charge on any atom is -0.353 e. The van der Waals surface area contributed by atoms with Gasteiger partial charge in [0.1, 0.15) is 0 Å². The van der Waals surface area contributed by atoms with Gasteiger partial charge >= 0.3 is 0 Å². The lowest BCUT2D eigenvalue weighted by molar-refractivity contribution is 0.207. The van der Waals surface area contributed by atoms with Crippen molar-refractivity contribution in [1.82, 2.24) is 19.6 Å². The minimum absolute atomic E-state index is 0.430. The first-order valence-electron chi connectivity index (χ1n) is 9.02. The van der Waals surface area contributed by atoms with Gasteiger partial charge < -0.3 is 9.09 Å². The van der Waals surface area contributed by atoms with Gasteiger partial charge in [-0.15, -0.1) is 0 Å². The van der Waals surface area contributed by atoms with Crippen molar-refractivity contribution in [1.29, 1.82) is 0 Å². The number of aryl methyl sites for hydroxylation is 2. The fraction of sp³-hybridized carbons (Fsp3) is 0.400. The van der Waals surface area contributed by atoms with Gasteiger partial charge in [0.25, 0.3) is 0 Å². The van der Waals surface area contributed by atoms with Crippen LogP contribution in [-0.4, -0.2) is 26.2 Å². The Bertz CT molecular complexity index is 834. The Morgan fingerprint density at radius 2 is 2.04 bits per heavy atom. The van der Waals surface area contributed by atoms with E-state index in [1.165, 1.54) is 24.1 Å². The Hall–Kier alpha value is -2.40. The summed E-state index contributed by atoms with van der Waals surface area (Å²) in [5.74, 6) is 1.36. The van der Waals surface area contributed by atoms with Crippen LogP contribution in [0, 0.1) is 0 Å². The molecule has 1 aliphatic heterocycles. The van der Waals surface area contributed by atoms with E-state index in [9.17, 15) is 0 Å². The largest absolute Gasteiger partial charge is 0.353 e. The minimum atomic E-state index is 0.430. The third kappa shape index (κ3) is 3.24. The van der Waals surface area contributed by atoms with Crippen LogP contribution in [0.15, 0.2) is 47.1 Å². The summed E-state index contributed by atoms with van der Waals surface area (Å²) in [6, 6.07) is 13.1. The van der Waals surface area contributed by atoms with Crippen LogP contribution in [0.25, 0.3) is 11.4 Å². The molecule has 0 spiro atoms. The zero-order valence-corrected chi connectivity index (χ0v) is 14.9. The number of benzene rings is 1. The second-order valence-electron chi connectivity index (χ2n) is 6.73. The summed E-state index contributed by atoms with van der Waals surface area (Å²) in [7, 11) is 2.11. The molecule has 1 fully saturated rings. The number of aromatic nitrogens is 3. The molecule has 0 N–H and O–H groups in total. The van der Waals surface area contributed by atoms with E-state index in [4.69, 9.17) is 4.52 Å². The monoisotopic (exact) mass is 336 g/mol. The van der Waals surface area contributed by atoms with Crippen molar-refractivity contribution in [2.45, 2.75) is 38.8 Å². The lowest BCUT2D eigenvalue weighted by Crippen LogP contribution is -2.24. The summed E-state index contributed by atoms with van der Waals surface area (Å²) in [4.78, 5) is 7.05. The third-order valence-corrected chi connectivity index (χ3v) is 5.12. The molecule has 4 rings (SSSR count). The lowest BCUT2D eigenvalue weighted by Gasteiger charge is -2.23. The summed E-state index contributed by atoms with van der Waals surface area (Å²) in [5, 5.41) is 4.17. The van der Waals surface area contributed by atoms with Crippen LogP contribution in [0.2, 0.25) is 0 Å². The van der Waals surface area contributed by atoms with Gasteiger partial charge in [0, 0.05) is 24.5 Å². The summed E-state index contributed by atoms with van der Waals surface area (Å²) in [5.41, 5.74) is 3.68. The summed E-state index contributed by atoms with van der Waals surface area (Å²) in [6.45, 7) is 3.93. The molecule has 130 valence electrons. The number of hydrogen-bond acceptors (Lipinski definition) is 4. The van der Waals surface area contributed by atoms with E-state index in [0.29, 0.717) is 24.3 Å². The van der Waals surface area contributed by atoms with Gasteiger partial charge in [0.2, 0.25) is 11.7 Å². The van der Waals surface area contributed by atoms with Crippen molar-refractivity contribution in [3.63, 3.8) is 0 Å². The van der Waals surface area contributed by atoms with Crippen molar-refractivity contribution in [2.24, 2.45) is 7.05 Å². The molecule has 1 atom stereocenters. The molecule has 5 heteroatoms. The molecule has 0 unspecified atom stereocenters. The number of nitrogens with zero attached hydrogens (tertiary/aromatic N) is 4. The second kappa shape index (κ2) is 6.84. The smallest absolute Gasteiger partial charge is 0.241 e. The van der Waals surface area contributed by atoms with Crippen molar-refractivity contribution >= 4 is 0 Å². The molecule has 1 aliphatic rings. The molecule has 3 heterocycles. The first-order valence-corrected chi connectivity index (χ1v) is 9.02. The van der Waals surface area contributed by atoms with Gasteiger partial charge in [0.15, 0.2) is 0 Å². The summed E-state index contributed by atoms with van der Waals surface area (Å²) < 4.78 is 7.73. The van der Waals surface area contributed by atoms with Gasteiger partial charge in [-0.3, -0.25) is 4.90 Å². The molecule has 0 bridgehead atoms. The fourth-order valence-corrected chi connectivity index (χ4v) is 3.67. The molecule has 0 amide bonds. The molecule has 0 saturated carbocycles. The highest BCUT2D eigenvalue weighted by Gasteiger charge is 2.29. The average molecular weight is 336 g/mol. The molecule has 25 heavy (non-hydrogen) atoms. The number of hydrogen-bond donors (Lipinski definition) is 0. The Labute approximate surface area is 148 Å². The van der Waals surface area contributed by atoms with Crippen molar-refractivity contribution in [2.75, 3.05) is 6.54 Å². The predicted octanol–water partition coefficient (Wildman–Crippen LogP) is 3.97. The quantitative estimate of drug-likeness (QED) is 0.707. The van der Waals surface area contributed by atoms with Gasteiger partial charge in [-0.05, 0) is 43.5 Å². The second-order valence-corrected chi connectivity index (χ2v) is 6.73. The molecule has 5 nitrogen and oxygen atoms in total. The Kier molecular flexibility index (Phi) is 4.40. The summed E-state index contributed by atoms with van der Waals surface area (Å²) >= 11 is 0. The van der Waals surface area contributed by atoms with Gasteiger partial charge in [-0.25, -0.2) is 0 Å². The van der Waals surface area contributed by atoms with Crippen LogP contribution in [0.3, 0.4) is 0 Å². The highest BCUT2D eigenvalue weighted by Crippen LogP contribution is 2.33. The van der Waals surface area contributed by atoms with Crippen LogP contribution in [0.1, 0.15) is 43.0 Å². The van der Waals surface area contributed by atoms with Crippen LogP contribution in [-0.2, 0) is 20.0 Å². The normalized spacial score (nSPS) is 18.1. The van der Waals surface area contributed by atoms with Crippen LogP contribution in [0.5, 0.6) is 0 Å². The zero-order valence-electron chi connectivity index (χ0n) is 14.9. The molecule has 0 radical (unpaired) electrons. The highest BCUT2D eigenvalue weighted by molar-refractivity contribution is 5.54. The zero-order chi connectivity index (χ0) is 17.2. The first kappa shape index (κ1) is 16.1. The molecular formula is C20H24N4O. The van der Waals surface area contributed by atoms with Crippen molar-refractivity contribution in [3.8, 4) is 11.4 Å². The highest BCUT2D eigenvalue weighted by atomic mass is 16.5. The van der Waals surface area contributed by atoms with E-state index in [0.717, 1.165) is 18.5 Å². The van der Waals surface area contributed by atoms with E-state index in [1.54, 1.807) is 0 Å². The molecule has 1 saturated heterocycles. The van der Waals surface area contributed by atoms with Crippen molar-refractivity contribution in [3.05, 3.63) is 59.7 Å². The average Bonchev–Trinajstić information content (AvgIpc) is 3.37. The SMILES string of the molecule is CCc1ccc(-c2noc(CN3CCC[C@@H]3c3cccn3C)n2)cc1. The van der Waals surface area contributed by atoms with E-state index in [2.05, 4.69) is 76.2 Å². The van der Waals surface area contributed by atoms with Crippen LogP contribution in [0.4, 0.5) is 0 Å². The third-order valence-electron chi connectivity index (χ3n) is 5.12. The molecule has 0 aliphatic carbocycles. The Morgan fingerprint density at radius 1 is 1.20 bits per heavy atom. The lowest BCUT2D eigenvalue weighted by atomic mass is 10.1. The molecule has 1 aromatic carbocycles. The predicted molar refractivity (Wildman–Crippen MR) is 96.9 cm³/mol. The van der Waals surface area contributed by atoms with E-state index in [-0.39, 0.29) is 0 Å². The fourth-order valence-electron chi connectivity index (χ4n) is 3.67. The maximum Gasteiger partial charge on any atom is 0.241 e. The molecule has 2 aromatic heterocycles. The van der Waals surface area contributed by atoms with Gasteiger partial charge in [-0.2, -0.15) is 4.98 Å². The van der Waals surface area contributed by atoms with Crippen LogP contribution < -0.4 is 0 Å². The number of likely N-dealkylation sites (tertiary alicyclic amines) is 1. The Balaban J connectivity index is 1.49. The van der Waals surface area contributed by atoms with Crippen LogP contribution >= 0.6 is 0 Å². The Morgan fingerprint density at radius 3 is 2.76 bits per heavy atom. The topological polar surface area (TPSA) is 47.1 Å². The number of rotatable bonds is 5. The first-order chi connectivity index (χ1) is 12.2. The van der Waals surface area contributed by atoms with E-state index in [1.807, 2.05) is 0 Å². The standard InChI is InChI=1S/C20H24N4O/c1-3-15-8-10-16(11-9-15)20-21-19(25-22-20)14-24-13-5-7-18(24)17-6-4-12-23(17)2/h4,6,8-12,18H,3,5,7,13-14H2,1-2H3/t18-/m1/s1.